The van der Waals surface area contributed by atoms with Gasteiger partial charge in [-0.15, -0.1) is 12.8 Å². The fourth-order valence-electron chi connectivity index (χ4n) is 1.16. The van der Waals surface area contributed by atoms with Crippen LogP contribution in [-0.2, 0) is 6.42 Å². The Morgan fingerprint density at radius 1 is 1.07 bits per heavy atom. The summed E-state index contributed by atoms with van der Waals surface area (Å²) in [4.78, 5) is 0. The Morgan fingerprint density at radius 3 is 2.00 bits per heavy atom. The molecule has 0 saturated carbocycles. The van der Waals surface area contributed by atoms with E-state index in [0.29, 0.717) is 0 Å². The molecule has 0 saturated heterocycles. The molecule has 0 atom stereocenters. The van der Waals surface area contributed by atoms with Crippen LogP contribution in [-0.4, -0.2) is 0 Å². The van der Waals surface area contributed by atoms with Gasteiger partial charge in [-0.05, 0) is 24.5 Å². The number of rotatable bonds is 2. The van der Waals surface area contributed by atoms with Gasteiger partial charge in [-0.3, -0.25) is 0 Å². The molecule has 1 aromatic carbocycles. The molecule has 0 N–H and O–H groups in total. The lowest BCUT2D eigenvalue weighted by Gasteiger charge is -2.01. The van der Waals surface area contributed by atoms with Crippen molar-refractivity contribution in [2.75, 3.05) is 0 Å². The minimum absolute atomic E-state index is 1.21. The Bertz CT molecular complexity index is 233. The van der Waals surface area contributed by atoms with Crippen molar-refractivity contribution in [1.82, 2.24) is 0 Å². The Hall–Kier alpha value is -1.22. The van der Waals surface area contributed by atoms with Crippen molar-refractivity contribution in [3.05, 3.63) is 35.4 Å². The Balaban J connectivity index is 0. The molecule has 14 heavy (non-hydrogen) atoms. The molecule has 1 rings (SSSR count). The molecule has 0 aliphatic rings. The highest BCUT2D eigenvalue weighted by Gasteiger charge is 1.92. The first-order chi connectivity index (χ1) is 6.84. The second-order valence-corrected chi connectivity index (χ2v) is 2.68. The molecule has 0 heteroatoms. The van der Waals surface area contributed by atoms with Crippen LogP contribution in [0.2, 0.25) is 0 Å². The van der Waals surface area contributed by atoms with Gasteiger partial charge in [0, 0.05) is 0 Å². The van der Waals surface area contributed by atoms with Gasteiger partial charge < -0.3 is 0 Å². The van der Waals surface area contributed by atoms with Gasteiger partial charge in [-0.2, -0.15) is 0 Å². The van der Waals surface area contributed by atoms with E-state index in [1.165, 1.54) is 24.0 Å². The van der Waals surface area contributed by atoms with Gasteiger partial charge in [0.25, 0.3) is 0 Å². The average Bonchev–Trinajstić information content (AvgIpc) is 2.28. The highest BCUT2D eigenvalue weighted by Crippen LogP contribution is 2.08. The van der Waals surface area contributed by atoms with Gasteiger partial charge in [0.1, 0.15) is 0 Å². The SMILES string of the molecule is C#C.CC.CCCc1ccccc1C. The van der Waals surface area contributed by atoms with E-state index >= 15 is 0 Å². The Kier molecular flexibility index (Phi) is 12.8. The van der Waals surface area contributed by atoms with Gasteiger partial charge in [0.05, 0.1) is 0 Å². The molecule has 0 unspecified atom stereocenters. The lowest BCUT2D eigenvalue weighted by atomic mass is 10.1. The van der Waals surface area contributed by atoms with Gasteiger partial charge in [-0.1, -0.05) is 51.5 Å². The summed E-state index contributed by atoms with van der Waals surface area (Å²) in [7, 11) is 0. The molecular formula is C14H22. The van der Waals surface area contributed by atoms with Crippen LogP contribution in [0.3, 0.4) is 0 Å². The van der Waals surface area contributed by atoms with Crippen molar-refractivity contribution in [3.8, 4) is 12.8 Å². The fraction of sp³-hybridized carbons (Fsp3) is 0.429. The fourth-order valence-corrected chi connectivity index (χ4v) is 1.16. The number of terminal acetylenes is 1. The zero-order chi connectivity index (χ0) is 11.4. The molecular weight excluding hydrogens is 168 g/mol. The van der Waals surface area contributed by atoms with Crippen molar-refractivity contribution >= 4 is 0 Å². The number of aryl methyl sites for hydroxylation is 2. The van der Waals surface area contributed by atoms with E-state index in [4.69, 9.17) is 0 Å². The van der Waals surface area contributed by atoms with E-state index in [-0.39, 0.29) is 0 Å². The third kappa shape index (κ3) is 6.31. The van der Waals surface area contributed by atoms with Crippen LogP contribution in [0, 0.1) is 19.8 Å². The summed E-state index contributed by atoms with van der Waals surface area (Å²) >= 11 is 0. The van der Waals surface area contributed by atoms with E-state index in [0.717, 1.165) is 0 Å². The Morgan fingerprint density at radius 2 is 1.57 bits per heavy atom. The molecule has 0 spiro atoms. The zero-order valence-corrected chi connectivity index (χ0v) is 9.88. The van der Waals surface area contributed by atoms with E-state index in [9.17, 15) is 0 Å². The van der Waals surface area contributed by atoms with E-state index < -0.39 is 0 Å². The lowest BCUT2D eigenvalue weighted by Crippen LogP contribution is -1.85. The monoisotopic (exact) mass is 190 g/mol. The highest BCUT2D eigenvalue weighted by atomic mass is 14.0. The molecule has 0 aromatic heterocycles. The third-order valence-electron chi connectivity index (χ3n) is 1.78. The molecule has 0 heterocycles. The van der Waals surface area contributed by atoms with Crippen LogP contribution in [0.1, 0.15) is 38.3 Å². The Labute approximate surface area is 89.4 Å². The standard InChI is InChI=1S/C10H14.C2H6.C2H2/c1-3-6-10-8-5-4-7-9(10)2;2*1-2/h4-5,7-8H,3,6H2,1-2H3;1-2H3;1-2H. The second kappa shape index (κ2) is 11.8. The number of hydrogen-bond acceptors (Lipinski definition) is 0. The molecule has 0 aliphatic heterocycles. The molecule has 0 bridgehead atoms. The van der Waals surface area contributed by atoms with Crippen LogP contribution in [0.15, 0.2) is 24.3 Å². The average molecular weight is 190 g/mol. The van der Waals surface area contributed by atoms with Crippen LogP contribution < -0.4 is 0 Å². The summed E-state index contributed by atoms with van der Waals surface area (Å²) < 4.78 is 0. The van der Waals surface area contributed by atoms with Crippen molar-refractivity contribution in [3.63, 3.8) is 0 Å². The molecule has 0 radical (unpaired) electrons. The van der Waals surface area contributed by atoms with Gasteiger partial charge in [0.2, 0.25) is 0 Å². The predicted octanol–water partition coefficient (Wildman–Crippen LogP) is 4.22. The lowest BCUT2D eigenvalue weighted by molar-refractivity contribution is 0.913. The molecule has 78 valence electrons. The molecule has 0 aliphatic carbocycles. The maximum absolute atomic E-state index is 4.00. The first kappa shape index (κ1) is 15.3. The van der Waals surface area contributed by atoms with Crippen LogP contribution in [0.25, 0.3) is 0 Å². The maximum atomic E-state index is 4.00. The van der Waals surface area contributed by atoms with Gasteiger partial charge >= 0.3 is 0 Å². The van der Waals surface area contributed by atoms with E-state index in [1.54, 1.807) is 0 Å². The van der Waals surface area contributed by atoms with E-state index in [2.05, 4.69) is 51.0 Å². The quantitative estimate of drug-likeness (QED) is 0.612. The van der Waals surface area contributed by atoms with Crippen molar-refractivity contribution in [2.24, 2.45) is 0 Å². The molecule has 0 amide bonds. The number of benzene rings is 1. The van der Waals surface area contributed by atoms with Crippen molar-refractivity contribution < 1.29 is 0 Å². The first-order valence-electron chi connectivity index (χ1n) is 5.22. The summed E-state index contributed by atoms with van der Waals surface area (Å²) in [5, 5.41) is 0. The summed E-state index contributed by atoms with van der Waals surface area (Å²) in [6.45, 7) is 8.39. The zero-order valence-electron chi connectivity index (χ0n) is 9.88. The summed E-state index contributed by atoms with van der Waals surface area (Å²) in [6, 6.07) is 8.58. The summed E-state index contributed by atoms with van der Waals surface area (Å²) in [5.74, 6) is 0. The smallest absolute Gasteiger partial charge is 0.0279 e. The molecule has 0 fully saturated rings. The summed E-state index contributed by atoms with van der Waals surface area (Å²) in [6.07, 6.45) is 10.5. The summed E-state index contributed by atoms with van der Waals surface area (Å²) in [5.41, 5.74) is 2.91. The maximum Gasteiger partial charge on any atom is -0.0279 e. The van der Waals surface area contributed by atoms with Crippen molar-refractivity contribution in [2.45, 2.75) is 40.5 Å². The number of hydrogen-bond donors (Lipinski definition) is 0. The van der Waals surface area contributed by atoms with Gasteiger partial charge in [0.15, 0.2) is 0 Å². The molecule has 1 aromatic rings. The van der Waals surface area contributed by atoms with Crippen LogP contribution in [0.4, 0.5) is 0 Å². The minimum atomic E-state index is 1.21. The van der Waals surface area contributed by atoms with Crippen molar-refractivity contribution in [1.29, 1.82) is 0 Å². The third-order valence-corrected chi connectivity index (χ3v) is 1.78. The normalized spacial score (nSPS) is 7.57. The highest BCUT2D eigenvalue weighted by molar-refractivity contribution is 5.25. The second-order valence-electron chi connectivity index (χ2n) is 2.68. The minimum Gasteiger partial charge on any atom is -0.124 e. The predicted molar refractivity (Wildman–Crippen MR) is 66.4 cm³/mol. The van der Waals surface area contributed by atoms with E-state index in [1.807, 2.05) is 13.8 Å². The van der Waals surface area contributed by atoms with Crippen LogP contribution in [0.5, 0.6) is 0 Å². The largest absolute Gasteiger partial charge is 0.124 e. The topological polar surface area (TPSA) is 0 Å². The van der Waals surface area contributed by atoms with Gasteiger partial charge in [-0.25, -0.2) is 0 Å². The molecule has 0 nitrogen and oxygen atoms in total. The van der Waals surface area contributed by atoms with Crippen LogP contribution >= 0.6 is 0 Å². The first-order valence-corrected chi connectivity index (χ1v) is 5.22.